The molecule has 2 aliphatic heterocycles. The number of hydrogen-bond donors (Lipinski definition) is 2. The van der Waals surface area contributed by atoms with Gasteiger partial charge in [-0.05, 0) is 31.5 Å². The number of pyridine rings is 1. The number of nitrogens with zero attached hydrogens (tertiary/aromatic N) is 3. The Morgan fingerprint density at radius 3 is 2.71 bits per heavy atom. The lowest BCUT2D eigenvalue weighted by Crippen LogP contribution is -2.25. The molecule has 1 saturated heterocycles. The number of alkyl halides is 3. The van der Waals surface area contributed by atoms with E-state index in [1.54, 1.807) is 0 Å². The number of aryl methyl sites for hydroxylation is 1. The molecular weight excluding hydrogens is 343 g/mol. The van der Waals surface area contributed by atoms with Crippen molar-refractivity contribution < 1.29 is 13.2 Å². The summed E-state index contributed by atoms with van der Waals surface area (Å²) in [7, 11) is 0. The smallest absolute Gasteiger partial charge is 0.383 e. The molecule has 1 fully saturated rings. The molecular formula is C15H17ClF3N5. The molecule has 2 aliphatic rings. The van der Waals surface area contributed by atoms with Crippen LogP contribution >= 0.6 is 12.4 Å². The van der Waals surface area contributed by atoms with Crippen LogP contribution in [0.15, 0.2) is 18.3 Å². The molecule has 9 heteroatoms. The third-order valence-corrected chi connectivity index (χ3v) is 4.89. The SMILES string of the molecule is Cl.Nc1ncc(-c2cc3n(n2)CCC32CCNC2)cc1C(F)(F)F. The van der Waals surface area contributed by atoms with E-state index in [9.17, 15) is 13.2 Å². The van der Waals surface area contributed by atoms with Gasteiger partial charge in [-0.2, -0.15) is 18.3 Å². The standard InChI is InChI=1S/C15H16F3N5.ClH/c16-15(17,18)10-5-9(7-21-13(10)19)11-6-12-14(1-3-20-8-14)2-4-23(12)22-11;/h5-7,20H,1-4,8H2,(H2,19,21);1H. The average Bonchev–Trinajstić information content (AvgIpc) is 3.18. The van der Waals surface area contributed by atoms with Crippen LogP contribution in [0.4, 0.5) is 19.0 Å². The van der Waals surface area contributed by atoms with Crippen LogP contribution in [0.3, 0.4) is 0 Å². The maximum absolute atomic E-state index is 13.0. The monoisotopic (exact) mass is 359 g/mol. The molecule has 0 aromatic carbocycles. The lowest BCUT2D eigenvalue weighted by Gasteiger charge is -2.20. The second-order valence-corrected chi connectivity index (χ2v) is 6.25. The predicted molar refractivity (Wildman–Crippen MR) is 85.9 cm³/mol. The molecule has 1 unspecified atom stereocenters. The van der Waals surface area contributed by atoms with Crippen LogP contribution in [0.2, 0.25) is 0 Å². The first-order valence-corrected chi connectivity index (χ1v) is 7.51. The maximum atomic E-state index is 13.0. The molecule has 0 aliphatic carbocycles. The van der Waals surface area contributed by atoms with Crippen LogP contribution in [-0.4, -0.2) is 27.9 Å². The van der Waals surface area contributed by atoms with Crippen molar-refractivity contribution in [3.63, 3.8) is 0 Å². The highest BCUT2D eigenvalue weighted by Gasteiger charge is 2.43. The summed E-state index contributed by atoms with van der Waals surface area (Å²) in [6, 6.07) is 2.92. The summed E-state index contributed by atoms with van der Waals surface area (Å²) < 4.78 is 40.9. The predicted octanol–water partition coefficient (Wildman–Crippen LogP) is 2.60. The Balaban J connectivity index is 0.00000169. The Bertz CT molecular complexity index is 765. The van der Waals surface area contributed by atoms with Crippen molar-refractivity contribution in [1.29, 1.82) is 0 Å². The molecule has 1 atom stereocenters. The highest BCUT2D eigenvalue weighted by Crippen LogP contribution is 2.42. The number of fused-ring (bicyclic) bond motifs is 2. The first kappa shape index (κ1) is 17.0. The Hall–Kier alpha value is -1.80. The van der Waals surface area contributed by atoms with Crippen LogP contribution < -0.4 is 11.1 Å². The van der Waals surface area contributed by atoms with Gasteiger partial charge in [0.25, 0.3) is 0 Å². The molecule has 24 heavy (non-hydrogen) atoms. The summed E-state index contributed by atoms with van der Waals surface area (Å²) in [5, 5.41) is 7.84. The fourth-order valence-electron chi connectivity index (χ4n) is 3.62. The van der Waals surface area contributed by atoms with Crippen molar-refractivity contribution in [2.75, 3.05) is 18.8 Å². The molecule has 130 valence electrons. The third kappa shape index (κ3) is 2.53. The zero-order valence-electron chi connectivity index (χ0n) is 12.7. The number of halogens is 4. The third-order valence-electron chi connectivity index (χ3n) is 4.89. The first-order chi connectivity index (χ1) is 10.9. The molecule has 5 nitrogen and oxygen atoms in total. The fourth-order valence-corrected chi connectivity index (χ4v) is 3.62. The van der Waals surface area contributed by atoms with E-state index < -0.39 is 17.6 Å². The second kappa shape index (κ2) is 5.63. The van der Waals surface area contributed by atoms with Gasteiger partial charge in [0.1, 0.15) is 5.82 Å². The molecule has 0 radical (unpaired) electrons. The van der Waals surface area contributed by atoms with E-state index in [0.29, 0.717) is 11.3 Å². The minimum atomic E-state index is -4.52. The number of nitrogen functional groups attached to an aromatic ring is 1. The summed E-state index contributed by atoms with van der Waals surface area (Å²) in [5.74, 6) is -0.510. The Labute approximate surface area is 142 Å². The lowest BCUT2D eigenvalue weighted by molar-refractivity contribution is -0.137. The number of nitrogens with two attached hydrogens (primary N) is 1. The van der Waals surface area contributed by atoms with Crippen LogP contribution in [0.1, 0.15) is 24.1 Å². The first-order valence-electron chi connectivity index (χ1n) is 7.51. The number of anilines is 1. The Morgan fingerprint density at radius 2 is 2.04 bits per heavy atom. The van der Waals surface area contributed by atoms with Gasteiger partial charge in [-0.1, -0.05) is 0 Å². The number of aromatic nitrogens is 3. The van der Waals surface area contributed by atoms with E-state index in [1.165, 1.54) is 6.20 Å². The minimum absolute atomic E-state index is 0. The van der Waals surface area contributed by atoms with Gasteiger partial charge in [0, 0.05) is 36.0 Å². The fraction of sp³-hybridized carbons (Fsp3) is 0.467. The molecule has 4 heterocycles. The Kier molecular flexibility index (Phi) is 4.00. The number of nitrogens with one attached hydrogen (secondary N) is 1. The summed E-state index contributed by atoms with van der Waals surface area (Å²) in [5.41, 5.74) is 6.47. The Morgan fingerprint density at radius 1 is 1.25 bits per heavy atom. The average molecular weight is 360 g/mol. The van der Waals surface area contributed by atoms with Crippen molar-refractivity contribution in [1.82, 2.24) is 20.1 Å². The van der Waals surface area contributed by atoms with E-state index in [0.717, 1.165) is 44.2 Å². The highest BCUT2D eigenvalue weighted by atomic mass is 35.5. The molecule has 2 aromatic rings. The van der Waals surface area contributed by atoms with Gasteiger partial charge in [-0.25, -0.2) is 4.98 Å². The van der Waals surface area contributed by atoms with Crippen LogP contribution in [0.5, 0.6) is 0 Å². The van der Waals surface area contributed by atoms with Gasteiger partial charge in [-0.15, -0.1) is 12.4 Å². The van der Waals surface area contributed by atoms with Crippen molar-refractivity contribution in [3.8, 4) is 11.3 Å². The summed E-state index contributed by atoms with van der Waals surface area (Å²) in [6.07, 6.45) is -1.11. The van der Waals surface area contributed by atoms with Gasteiger partial charge in [0.05, 0.1) is 11.3 Å². The topological polar surface area (TPSA) is 68.8 Å². The zero-order valence-corrected chi connectivity index (χ0v) is 13.5. The molecule has 3 N–H and O–H groups in total. The minimum Gasteiger partial charge on any atom is -0.383 e. The van der Waals surface area contributed by atoms with Gasteiger partial charge >= 0.3 is 6.18 Å². The summed E-state index contributed by atoms with van der Waals surface area (Å²) in [4.78, 5) is 3.69. The molecule has 1 spiro atoms. The van der Waals surface area contributed by atoms with Gasteiger partial charge in [0.2, 0.25) is 0 Å². The summed E-state index contributed by atoms with van der Waals surface area (Å²) >= 11 is 0. The second-order valence-electron chi connectivity index (χ2n) is 6.25. The molecule has 0 saturated carbocycles. The molecule has 0 amide bonds. The molecule has 2 aromatic heterocycles. The van der Waals surface area contributed by atoms with E-state index >= 15 is 0 Å². The number of rotatable bonds is 1. The molecule has 0 bridgehead atoms. The van der Waals surface area contributed by atoms with E-state index in [-0.39, 0.29) is 17.8 Å². The van der Waals surface area contributed by atoms with Crippen molar-refractivity contribution in [3.05, 3.63) is 29.6 Å². The van der Waals surface area contributed by atoms with Crippen LogP contribution in [-0.2, 0) is 18.1 Å². The van der Waals surface area contributed by atoms with Crippen LogP contribution in [0.25, 0.3) is 11.3 Å². The van der Waals surface area contributed by atoms with E-state index in [1.807, 2.05) is 10.7 Å². The molecule has 4 rings (SSSR count). The normalized spacial score (nSPS) is 22.6. The maximum Gasteiger partial charge on any atom is 0.419 e. The summed E-state index contributed by atoms with van der Waals surface area (Å²) in [6.45, 7) is 2.65. The van der Waals surface area contributed by atoms with Gasteiger partial charge in [-0.3, -0.25) is 4.68 Å². The van der Waals surface area contributed by atoms with Crippen molar-refractivity contribution in [2.45, 2.75) is 31.0 Å². The van der Waals surface area contributed by atoms with Gasteiger partial charge in [0.15, 0.2) is 0 Å². The zero-order chi connectivity index (χ0) is 16.2. The van der Waals surface area contributed by atoms with E-state index in [4.69, 9.17) is 5.73 Å². The van der Waals surface area contributed by atoms with Crippen LogP contribution in [0, 0.1) is 0 Å². The van der Waals surface area contributed by atoms with Gasteiger partial charge < -0.3 is 11.1 Å². The highest BCUT2D eigenvalue weighted by molar-refractivity contribution is 5.85. The van der Waals surface area contributed by atoms with E-state index in [2.05, 4.69) is 15.4 Å². The van der Waals surface area contributed by atoms with Crippen molar-refractivity contribution >= 4 is 18.2 Å². The largest absolute Gasteiger partial charge is 0.419 e. The van der Waals surface area contributed by atoms with Crippen molar-refractivity contribution in [2.24, 2.45) is 0 Å². The lowest BCUT2D eigenvalue weighted by atomic mass is 9.82. The number of hydrogen-bond acceptors (Lipinski definition) is 4. The quantitative estimate of drug-likeness (QED) is 0.821.